The zero-order chi connectivity index (χ0) is 21.8. The number of nitrogens with zero attached hydrogens (tertiary/aromatic N) is 1. The van der Waals surface area contributed by atoms with Gasteiger partial charge in [-0.15, -0.1) is 0 Å². The highest BCUT2D eigenvalue weighted by molar-refractivity contribution is 6.30. The molecule has 0 saturated heterocycles. The molecule has 1 aliphatic rings. The van der Waals surface area contributed by atoms with Crippen LogP contribution in [-0.2, 0) is 0 Å². The van der Waals surface area contributed by atoms with Crippen molar-refractivity contribution < 1.29 is 13.5 Å². The monoisotopic (exact) mass is 435 g/mol. The smallest absolute Gasteiger partial charge is 0.165 e. The normalized spacial score (nSPS) is 15.7. The highest BCUT2D eigenvalue weighted by atomic mass is 35.5. The van der Waals surface area contributed by atoms with Crippen molar-refractivity contribution in [3.8, 4) is 17.6 Å². The Balaban J connectivity index is 1.62. The van der Waals surface area contributed by atoms with E-state index in [9.17, 15) is 9.65 Å². The molecule has 3 aromatic rings. The third-order valence-corrected chi connectivity index (χ3v) is 5.62. The third kappa shape index (κ3) is 5.13. The van der Waals surface area contributed by atoms with Crippen molar-refractivity contribution in [3.05, 3.63) is 107 Å². The second-order valence-corrected chi connectivity index (χ2v) is 8.07. The summed E-state index contributed by atoms with van der Waals surface area (Å²) >= 11 is 5.97. The number of hydrogen-bond donors (Lipinski definition) is 0. The van der Waals surface area contributed by atoms with Crippen LogP contribution in [0.25, 0.3) is 0 Å². The van der Waals surface area contributed by atoms with Gasteiger partial charge in [-0.25, -0.2) is 8.78 Å². The van der Waals surface area contributed by atoms with Crippen molar-refractivity contribution >= 4 is 11.6 Å². The predicted octanol–water partition coefficient (Wildman–Crippen LogP) is 7.93. The van der Waals surface area contributed by atoms with E-state index in [0.717, 1.165) is 18.4 Å². The molecule has 0 bridgehead atoms. The second-order valence-electron chi connectivity index (χ2n) is 7.63. The van der Waals surface area contributed by atoms with Crippen molar-refractivity contribution in [1.82, 2.24) is 0 Å². The van der Waals surface area contributed by atoms with Gasteiger partial charge < -0.3 is 4.74 Å². The Hall–Kier alpha value is -3.16. The van der Waals surface area contributed by atoms with Gasteiger partial charge in [-0.2, -0.15) is 5.26 Å². The first-order valence-electron chi connectivity index (χ1n) is 10.1. The molecule has 0 amide bonds. The maximum absolute atomic E-state index is 15.4. The fraction of sp³-hybridized carbons (Fsp3) is 0.192. The molecule has 4 rings (SSSR count). The highest BCUT2D eigenvalue weighted by Gasteiger charge is 2.35. The maximum Gasteiger partial charge on any atom is 0.165 e. The lowest BCUT2D eigenvalue weighted by Gasteiger charge is -2.17. The molecule has 1 saturated carbocycles. The van der Waals surface area contributed by atoms with Gasteiger partial charge in [-0.1, -0.05) is 48.0 Å². The number of allylic oxidation sites excluding steroid dienone is 2. The van der Waals surface area contributed by atoms with Gasteiger partial charge in [0.1, 0.15) is 11.6 Å². The number of rotatable bonds is 7. The molecule has 0 aromatic heterocycles. The van der Waals surface area contributed by atoms with Gasteiger partial charge in [-0.3, -0.25) is 0 Å². The Bertz CT molecular complexity index is 1120. The van der Waals surface area contributed by atoms with Crippen LogP contribution in [0.1, 0.15) is 35.8 Å². The zero-order valence-corrected chi connectivity index (χ0v) is 17.4. The molecular weight excluding hydrogens is 416 g/mol. The summed E-state index contributed by atoms with van der Waals surface area (Å²) in [5, 5.41) is 10.3. The first-order valence-corrected chi connectivity index (χ1v) is 10.5. The molecule has 3 aromatic carbocycles. The Labute approximate surface area is 185 Å². The Kier molecular flexibility index (Phi) is 6.34. The Morgan fingerprint density at radius 1 is 1.03 bits per heavy atom. The van der Waals surface area contributed by atoms with E-state index in [2.05, 4.69) is 6.07 Å². The molecule has 0 radical (unpaired) electrons. The quantitative estimate of drug-likeness (QED) is 0.377. The van der Waals surface area contributed by atoms with Crippen LogP contribution in [0.3, 0.4) is 0 Å². The molecule has 156 valence electrons. The maximum atomic E-state index is 15.4. The van der Waals surface area contributed by atoms with Crippen molar-refractivity contribution in [2.75, 3.05) is 0 Å². The van der Waals surface area contributed by atoms with E-state index in [1.807, 2.05) is 18.2 Å². The van der Waals surface area contributed by atoms with Gasteiger partial charge in [0.25, 0.3) is 0 Å². The van der Waals surface area contributed by atoms with E-state index in [-0.39, 0.29) is 17.5 Å². The number of ether oxygens (including phenoxy) is 1. The molecular formula is C26H20ClF2NO. The first kappa shape index (κ1) is 21.1. The van der Waals surface area contributed by atoms with Gasteiger partial charge >= 0.3 is 0 Å². The van der Waals surface area contributed by atoms with E-state index >= 15 is 4.39 Å². The van der Waals surface area contributed by atoms with Crippen molar-refractivity contribution in [2.24, 2.45) is 5.92 Å². The number of hydrogen-bond acceptors (Lipinski definition) is 2. The van der Waals surface area contributed by atoms with Crippen LogP contribution < -0.4 is 4.74 Å². The van der Waals surface area contributed by atoms with E-state index in [4.69, 9.17) is 16.3 Å². The minimum Gasteiger partial charge on any atom is -0.454 e. The summed E-state index contributed by atoms with van der Waals surface area (Å²) in [5.41, 5.74) is 1.31. The highest BCUT2D eigenvalue weighted by Crippen LogP contribution is 2.47. The SMILES string of the molecule is N#C[C@@H](C=C(F)[C@@H](c1ccc(Cl)cc1)C1CC1)c1ccc(F)c(Oc2ccccc2)c1. The van der Waals surface area contributed by atoms with Crippen LogP contribution >= 0.6 is 11.6 Å². The fourth-order valence-corrected chi connectivity index (χ4v) is 3.76. The number of benzene rings is 3. The van der Waals surface area contributed by atoms with Gasteiger partial charge in [0.05, 0.1) is 12.0 Å². The number of para-hydroxylation sites is 1. The number of halogens is 3. The van der Waals surface area contributed by atoms with Crippen LogP contribution in [0.2, 0.25) is 5.02 Å². The molecule has 1 fully saturated rings. The minimum atomic E-state index is -0.868. The molecule has 0 N–H and O–H groups in total. The van der Waals surface area contributed by atoms with E-state index in [1.165, 1.54) is 24.3 Å². The Morgan fingerprint density at radius 2 is 1.71 bits per heavy atom. The van der Waals surface area contributed by atoms with Crippen molar-refractivity contribution in [2.45, 2.75) is 24.7 Å². The van der Waals surface area contributed by atoms with Gasteiger partial charge in [0, 0.05) is 10.9 Å². The van der Waals surface area contributed by atoms with Crippen LogP contribution in [0.15, 0.2) is 84.7 Å². The summed E-state index contributed by atoms with van der Waals surface area (Å²) in [4.78, 5) is 0. The lowest BCUT2D eigenvalue weighted by atomic mass is 9.90. The van der Waals surface area contributed by atoms with E-state index in [1.54, 1.807) is 36.4 Å². The summed E-state index contributed by atoms with van der Waals surface area (Å²) in [6, 6.07) is 22.2. The molecule has 0 aliphatic heterocycles. The van der Waals surface area contributed by atoms with E-state index < -0.39 is 17.7 Å². The summed E-state index contributed by atoms with van der Waals surface area (Å²) < 4.78 is 35.3. The zero-order valence-electron chi connectivity index (χ0n) is 16.6. The molecule has 1 aliphatic carbocycles. The summed E-state index contributed by atoms with van der Waals surface area (Å²) in [6.45, 7) is 0. The third-order valence-electron chi connectivity index (χ3n) is 5.37. The largest absolute Gasteiger partial charge is 0.454 e. The average Bonchev–Trinajstić information content (AvgIpc) is 3.61. The number of nitriles is 1. The summed E-state index contributed by atoms with van der Waals surface area (Å²) in [7, 11) is 0. The van der Waals surface area contributed by atoms with Gasteiger partial charge in [0.2, 0.25) is 0 Å². The fourth-order valence-electron chi connectivity index (χ4n) is 3.63. The van der Waals surface area contributed by atoms with Crippen molar-refractivity contribution in [1.29, 1.82) is 5.26 Å². The minimum absolute atomic E-state index is 0.00537. The van der Waals surface area contributed by atoms with Crippen LogP contribution in [0.5, 0.6) is 11.5 Å². The summed E-state index contributed by atoms with van der Waals surface area (Å²) in [5.74, 6) is -1.50. The molecule has 2 nitrogen and oxygen atoms in total. The van der Waals surface area contributed by atoms with Crippen LogP contribution in [-0.4, -0.2) is 0 Å². The lowest BCUT2D eigenvalue weighted by molar-refractivity contribution is 0.441. The molecule has 0 spiro atoms. The molecule has 2 atom stereocenters. The first-order chi connectivity index (χ1) is 15.0. The topological polar surface area (TPSA) is 33.0 Å². The van der Waals surface area contributed by atoms with Crippen LogP contribution in [0.4, 0.5) is 8.78 Å². The van der Waals surface area contributed by atoms with Gasteiger partial charge in [-0.05, 0) is 72.4 Å². The molecule has 31 heavy (non-hydrogen) atoms. The average molecular weight is 436 g/mol. The molecule has 0 unspecified atom stereocenters. The summed E-state index contributed by atoms with van der Waals surface area (Å²) in [6.07, 6.45) is 3.21. The van der Waals surface area contributed by atoms with Crippen LogP contribution in [0, 0.1) is 23.1 Å². The predicted molar refractivity (Wildman–Crippen MR) is 117 cm³/mol. The second kappa shape index (κ2) is 9.32. The molecule has 0 heterocycles. The van der Waals surface area contributed by atoms with Gasteiger partial charge in [0.15, 0.2) is 11.6 Å². The van der Waals surface area contributed by atoms with Crippen molar-refractivity contribution in [3.63, 3.8) is 0 Å². The molecule has 5 heteroatoms. The standard InChI is InChI=1S/C26H20ClF2NO/c27-21-11-8-18(9-12-21)26(17-6-7-17)24(29)14-20(16-30)19-10-13-23(28)25(15-19)31-22-4-2-1-3-5-22/h1-5,8-15,17,20,26H,6-7H2/t20-,26-/m1/s1. The Morgan fingerprint density at radius 3 is 2.35 bits per heavy atom. The lowest BCUT2D eigenvalue weighted by Crippen LogP contribution is -2.04. The van der Waals surface area contributed by atoms with E-state index in [0.29, 0.717) is 16.3 Å².